The molecular weight excluding hydrogens is 297 g/mol. The quantitative estimate of drug-likeness (QED) is 0.917. The minimum atomic E-state index is -0.248. The van der Waals surface area contributed by atoms with Gasteiger partial charge in [0.25, 0.3) is 0 Å². The van der Waals surface area contributed by atoms with Crippen LogP contribution in [0.5, 0.6) is 5.75 Å². The summed E-state index contributed by atoms with van der Waals surface area (Å²) in [5.41, 5.74) is 1.42. The molecule has 0 spiro atoms. The summed E-state index contributed by atoms with van der Waals surface area (Å²) in [5, 5.41) is 3.21. The molecule has 0 radical (unpaired) electrons. The fourth-order valence-corrected chi connectivity index (χ4v) is 2.56. The molecule has 1 aliphatic rings. The molecule has 2 aromatic rings. The van der Waals surface area contributed by atoms with Crippen molar-refractivity contribution in [2.24, 2.45) is 0 Å². The van der Waals surface area contributed by atoms with Gasteiger partial charge >= 0.3 is 0 Å². The molecule has 3 rings (SSSR count). The van der Waals surface area contributed by atoms with E-state index in [0.717, 1.165) is 12.1 Å². The predicted molar refractivity (Wildman–Crippen MR) is 84.0 cm³/mol. The number of halogens is 1. The molecule has 23 heavy (non-hydrogen) atoms. The molecule has 1 N–H and O–H groups in total. The van der Waals surface area contributed by atoms with Crippen molar-refractivity contribution in [2.45, 2.75) is 19.4 Å². The Labute approximate surface area is 134 Å². The van der Waals surface area contributed by atoms with E-state index in [0.29, 0.717) is 43.3 Å². The van der Waals surface area contributed by atoms with Gasteiger partial charge in [-0.3, -0.25) is 0 Å². The van der Waals surface area contributed by atoms with E-state index in [9.17, 15) is 4.39 Å². The average Bonchev–Trinajstić information content (AvgIpc) is 2.58. The second kappa shape index (κ2) is 7.48. The molecule has 6 heteroatoms. The standard InChI is InChI=1S/C17H20FN3O2/c1-2-22-13-9-20-17(21-10-13)8-12-3-4-14(15(18)7-12)16-11-19-5-6-23-16/h3-4,7,9-10,16,19H,2,5-6,8,11H2,1H3/t16-/m0/s1. The van der Waals surface area contributed by atoms with Crippen molar-refractivity contribution in [3.8, 4) is 5.75 Å². The van der Waals surface area contributed by atoms with Gasteiger partial charge < -0.3 is 14.8 Å². The molecular formula is C17H20FN3O2. The Hall–Kier alpha value is -2.05. The van der Waals surface area contributed by atoms with Gasteiger partial charge in [-0.15, -0.1) is 0 Å². The summed E-state index contributed by atoms with van der Waals surface area (Å²) in [5.74, 6) is 1.03. The zero-order valence-electron chi connectivity index (χ0n) is 13.1. The molecule has 2 heterocycles. The molecule has 1 saturated heterocycles. The largest absolute Gasteiger partial charge is 0.491 e. The van der Waals surface area contributed by atoms with Crippen molar-refractivity contribution in [1.29, 1.82) is 0 Å². The predicted octanol–water partition coefficient (Wildman–Crippen LogP) is 2.27. The van der Waals surface area contributed by atoms with E-state index in [2.05, 4.69) is 15.3 Å². The Morgan fingerprint density at radius 1 is 1.35 bits per heavy atom. The fourth-order valence-electron chi connectivity index (χ4n) is 2.56. The van der Waals surface area contributed by atoms with E-state index >= 15 is 0 Å². The third-order valence-corrected chi connectivity index (χ3v) is 3.69. The van der Waals surface area contributed by atoms with Gasteiger partial charge in [0.1, 0.15) is 11.6 Å². The Morgan fingerprint density at radius 3 is 2.83 bits per heavy atom. The van der Waals surface area contributed by atoms with Gasteiger partial charge in [-0.2, -0.15) is 0 Å². The van der Waals surface area contributed by atoms with Gasteiger partial charge in [-0.25, -0.2) is 14.4 Å². The number of nitrogens with one attached hydrogen (secondary N) is 1. The molecule has 1 aromatic heterocycles. The highest BCUT2D eigenvalue weighted by atomic mass is 19.1. The zero-order chi connectivity index (χ0) is 16.1. The summed E-state index contributed by atoms with van der Waals surface area (Å²) in [6.07, 6.45) is 3.53. The zero-order valence-corrected chi connectivity index (χ0v) is 13.1. The van der Waals surface area contributed by atoms with Crippen molar-refractivity contribution in [3.05, 3.63) is 53.4 Å². The topological polar surface area (TPSA) is 56.3 Å². The third kappa shape index (κ3) is 4.03. The summed E-state index contributed by atoms with van der Waals surface area (Å²) in [6, 6.07) is 5.22. The first-order chi connectivity index (χ1) is 11.3. The van der Waals surface area contributed by atoms with Crippen LogP contribution in [0.4, 0.5) is 4.39 Å². The van der Waals surface area contributed by atoms with Crippen LogP contribution >= 0.6 is 0 Å². The SMILES string of the molecule is CCOc1cnc(Cc2ccc([C@@H]3CNCCO3)c(F)c2)nc1. The van der Waals surface area contributed by atoms with Crippen molar-refractivity contribution < 1.29 is 13.9 Å². The first-order valence-corrected chi connectivity index (χ1v) is 7.80. The normalized spacial score (nSPS) is 17.9. The summed E-state index contributed by atoms with van der Waals surface area (Å²) < 4.78 is 25.2. The average molecular weight is 317 g/mol. The highest BCUT2D eigenvalue weighted by molar-refractivity contribution is 5.28. The maximum atomic E-state index is 14.3. The van der Waals surface area contributed by atoms with Gasteiger partial charge in [0.2, 0.25) is 0 Å². The number of ether oxygens (including phenoxy) is 2. The second-order valence-corrected chi connectivity index (χ2v) is 5.36. The molecule has 0 unspecified atom stereocenters. The molecule has 1 fully saturated rings. The van der Waals surface area contributed by atoms with Gasteiger partial charge in [-0.1, -0.05) is 12.1 Å². The van der Waals surface area contributed by atoms with Crippen LogP contribution in [0.1, 0.15) is 30.0 Å². The summed E-state index contributed by atoms with van der Waals surface area (Å²) in [4.78, 5) is 8.48. The Kier molecular flexibility index (Phi) is 5.15. The van der Waals surface area contributed by atoms with Crippen molar-refractivity contribution in [3.63, 3.8) is 0 Å². The van der Waals surface area contributed by atoms with Crippen LogP contribution in [-0.2, 0) is 11.2 Å². The van der Waals surface area contributed by atoms with Crippen LogP contribution in [-0.4, -0.2) is 36.3 Å². The third-order valence-electron chi connectivity index (χ3n) is 3.69. The van der Waals surface area contributed by atoms with Crippen LogP contribution in [0, 0.1) is 5.82 Å². The highest BCUT2D eigenvalue weighted by Crippen LogP contribution is 2.23. The second-order valence-electron chi connectivity index (χ2n) is 5.36. The van der Waals surface area contributed by atoms with E-state index < -0.39 is 0 Å². The lowest BCUT2D eigenvalue weighted by molar-refractivity contribution is 0.0255. The van der Waals surface area contributed by atoms with Crippen LogP contribution in [0.15, 0.2) is 30.6 Å². The molecule has 1 atom stereocenters. The molecule has 0 aliphatic carbocycles. The molecule has 0 amide bonds. The van der Waals surface area contributed by atoms with Crippen LogP contribution in [0.25, 0.3) is 0 Å². The summed E-state index contributed by atoms with van der Waals surface area (Å²) in [7, 11) is 0. The van der Waals surface area contributed by atoms with Crippen molar-refractivity contribution in [2.75, 3.05) is 26.3 Å². The molecule has 0 bridgehead atoms. The Bertz CT molecular complexity index is 643. The van der Waals surface area contributed by atoms with Crippen LogP contribution in [0.3, 0.4) is 0 Å². The Morgan fingerprint density at radius 2 is 2.17 bits per heavy atom. The molecule has 1 aromatic carbocycles. The highest BCUT2D eigenvalue weighted by Gasteiger charge is 2.19. The van der Waals surface area contributed by atoms with Gasteiger partial charge in [0.15, 0.2) is 5.75 Å². The number of hydrogen-bond acceptors (Lipinski definition) is 5. The van der Waals surface area contributed by atoms with E-state index in [1.54, 1.807) is 18.5 Å². The monoisotopic (exact) mass is 317 g/mol. The van der Waals surface area contributed by atoms with Gasteiger partial charge in [0.05, 0.1) is 31.7 Å². The van der Waals surface area contributed by atoms with Gasteiger partial charge in [0, 0.05) is 25.1 Å². The number of rotatable bonds is 5. The number of nitrogens with zero attached hydrogens (tertiary/aromatic N) is 2. The van der Waals surface area contributed by atoms with Crippen LogP contribution in [0.2, 0.25) is 0 Å². The first-order valence-electron chi connectivity index (χ1n) is 7.80. The molecule has 0 saturated carbocycles. The maximum absolute atomic E-state index is 14.3. The molecule has 5 nitrogen and oxygen atoms in total. The van der Waals surface area contributed by atoms with E-state index in [-0.39, 0.29) is 11.9 Å². The number of benzene rings is 1. The molecule has 122 valence electrons. The minimum Gasteiger partial charge on any atom is -0.491 e. The fraction of sp³-hybridized carbons (Fsp3) is 0.412. The van der Waals surface area contributed by atoms with Crippen LogP contribution < -0.4 is 10.1 Å². The van der Waals surface area contributed by atoms with E-state index in [1.807, 2.05) is 13.0 Å². The maximum Gasteiger partial charge on any atom is 0.155 e. The number of morpholine rings is 1. The lowest BCUT2D eigenvalue weighted by Crippen LogP contribution is -2.33. The minimum absolute atomic E-state index is 0.223. The lowest BCUT2D eigenvalue weighted by atomic mass is 10.0. The number of hydrogen-bond donors (Lipinski definition) is 1. The van der Waals surface area contributed by atoms with E-state index in [1.165, 1.54) is 6.07 Å². The Balaban J connectivity index is 1.69. The first kappa shape index (κ1) is 15.8. The summed E-state index contributed by atoms with van der Waals surface area (Å²) in [6.45, 7) is 4.53. The summed E-state index contributed by atoms with van der Waals surface area (Å²) >= 11 is 0. The number of aromatic nitrogens is 2. The van der Waals surface area contributed by atoms with E-state index in [4.69, 9.17) is 9.47 Å². The smallest absolute Gasteiger partial charge is 0.155 e. The molecule has 1 aliphatic heterocycles. The van der Waals surface area contributed by atoms with Gasteiger partial charge in [-0.05, 0) is 18.6 Å². The van der Waals surface area contributed by atoms with Crippen molar-refractivity contribution >= 4 is 0 Å². The lowest BCUT2D eigenvalue weighted by Gasteiger charge is -2.24. The van der Waals surface area contributed by atoms with Crippen molar-refractivity contribution in [1.82, 2.24) is 15.3 Å².